The Morgan fingerprint density at radius 1 is 1.60 bits per heavy atom. The van der Waals surface area contributed by atoms with Gasteiger partial charge in [-0.25, -0.2) is 13.1 Å². The summed E-state index contributed by atoms with van der Waals surface area (Å²) in [6.45, 7) is 0.255. The number of methoxy groups -OCH3 is 1. The lowest BCUT2D eigenvalue weighted by molar-refractivity contribution is -0.137. The van der Waals surface area contributed by atoms with Gasteiger partial charge in [0.05, 0.1) is 7.11 Å². The molecule has 1 aliphatic carbocycles. The molecule has 7 heteroatoms. The molecule has 1 fully saturated rings. The molecule has 0 aromatic rings. The second-order valence-electron chi connectivity index (χ2n) is 3.63. The zero-order chi connectivity index (χ0) is 11.5. The molecule has 6 nitrogen and oxygen atoms in total. The highest BCUT2D eigenvalue weighted by Crippen LogP contribution is 2.32. The van der Waals surface area contributed by atoms with E-state index in [1.807, 2.05) is 0 Å². The van der Waals surface area contributed by atoms with E-state index in [1.54, 1.807) is 0 Å². The Morgan fingerprint density at radius 2 is 2.20 bits per heavy atom. The molecule has 1 saturated carbocycles. The van der Waals surface area contributed by atoms with Crippen molar-refractivity contribution in [3.05, 3.63) is 0 Å². The Morgan fingerprint density at radius 3 is 2.60 bits per heavy atom. The average Bonchev–Trinajstić information content (AvgIpc) is 2.96. The van der Waals surface area contributed by atoms with Gasteiger partial charge in [0.2, 0.25) is 10.0 Å². The fourth-order valence-corrected chi connectivity index (χ4v) is 2.58. The van der Waals surface area contributed by atoms with E-state index in [2.05, 4.69) is 9.46 Å². The summed E-state index contributed by atoms with van der Waals surface area (Å²) < 4.78 is 29.6. The van der Waals surface area contributed by atoms with E-state index in [4.69, 9.17) is 5.73 Å². The minimum Gasteiger partial charge on any atom is -0.468 e. The van der Waals surface area contributed by atoms with Crippen molar-refractivity contribution in [2.75, 3.05) is 19.4 Å². The summed E-state index contributed by atoms with van der Waals surface area (Å²) >= 11 is 0. The third-order valence-corrected chi connectivity index (χ3v) is 3.59. The van der Waals surface area contributed by atoms with Gasteiger partial charge >= 0.3 is 5.97 Å². The molecule has 0 saturated heterocycles. The Balaban J connectivity index is 2.50. The Hall–Kier alpha value is -0.660. The number of hydrogen-bond donors (Lipinski definition) is 2. The second kappa shape index (κ2) is 4.91. The van der Waals surface area contributed by atoms with Gasteiger partial charge in [-0.15, -0.1) is 0 Å². The number of carbonyl (C=O) groups excluding carboxylic acids is 1. The summed E-state index contributed by atoms with van der Waals surface area (Å²) in [7, 11) is -2.46. The van der Waals surface area contributed by atoms with Gasteiger partial charge in [-0.1, -0.05) is 0 Å². The maximum Gasteiger partial charge on any atom is 0.322 e. The second-order valence-corrected chi connectivity index (χ2v) is 5.39. The first kappa shape index (κ1) is 12.4. The number of carbonyl (C=O) groups is 1. The molecule has 0 aromatic heterocycles. The van der Waals surface area contributed by atoms with Crippen molar-refractivity contribution in [3.8, 4) is 0 Å². The minimum atomic E-state index is -3.61. The summed E-state index contributed by atoms with van der Waals surface area (Å²) in [5.74, 6) is -1.09. The van der Waals surface area contributed by atoms with Crippen LogP contribution in [0.4, 0.5) is 0 Å². The topological polar surface area (TPSA) is 98.5 Å². The first-order valence-electron chi connectivity index (χ1n) is 4.75. The van der Waals surface area contributed by atoms with E-state index in [1.165, 1.54) is 0 Å². The van der Waals surface area contributed by atoms with E-state index in [0.717, 1.165) is 20.0 Å². The molecule has 1 atom stereocenters. The number of sulfonamides is 1. The van der Waals surface area contributed by atoms with Crippen LogP contribution < -0.4 is 10.5 Å². The van der Waals surface area contributed by atoms with Gasteiger partial charge < -0.3 is 10.5 Å². The van der Waals surface area contributed by atoms with Crippen molar-refractivity contribution in [2.45, 2.75) is 18.9 Å². The third-order valence-electron chi connectivity index (χ3n) is 2.31. The predicted octanol–water partition coefficient (Wildman–Crippen LogP) is -1.18. The molecule has 0 spiro atoms. The van der Waals surface area contributed by atoms with Crippen LogP contribution >= 0.6 is 0 Å². The zero-order valence-electron chi connectivity index (χ0n) is 8.60. The average molecular weight is 236 g/mol. The normalized spacial score (nSPS) is 18.5. The molecule has 15 heavy (non-hydrogen) atoms. The number of ether oxygens (including phenoxy) is 1. The van der Waals surface area contributed by atoms with Gasteiger partial charge in [-0.2, -0.15) is 0 Å². The van der Waals surface area contributed by atoms with Gasteiger partial charge in [-0.3, -0.25) is 4.79 Å². The molecular weight excluding hydrogens is 220 g/mol. The maximum atomic E-state index is 11.4. The largest absolute Gasteiger partial charge is 0.468 e. The van der Waals surface area contributed by atoms with Crippen LogP contribution in [0.2, 0.25) is 0 Å². The van der Waals surface area contributed by atoms with Crippen LogP contribution in [0.15, 0.2) is 0 Å². The van der Waals surface area contributed by atoms with Crippen LogP contribution in [0, 0.1) is 5.92 Å². The van der Waals surface area contributed by atoms with Crippen LogP contribution in [-0.2, 0) is 19.6 Å². The number of hydrogen-bond acceptors (Lipinski definition) is 5. The minimum absolute atomic E-state index is 0.250. The molecule has 0 amide bonds. The highest BCUT2D eigenvalue weighted by Gasteiger charge is 2.33. The van der Waals surface area contributed by atoms with Gasteiger partial charge in [0.25, 0.3) is 0 Å². The number of esters is 1. The summed E-state index contributed by atoms with van der Waals surface area (Å²) in [5, 5.41) is 0. The van der Waals surface area contributed by atoms with E-state index in [9.17, 15) is 13.2 Å². The number of nitrogens with two attached hydrogens (primary N) is 1. The summed E-state index contributed by atoms with van der Waals surface area (Å²) in [6.07, 6.45) is 1.98. The smallest absolute Gasteiger partial charge is 0.322 e. The Labute approximate surface area is 89.2 Å². The van der Waals surface area contributed by atoms with E-state index < -0.39 is 21.7 Å². The molecule has 0 aromatic carbocycles. The van der Waals surface area contributed by atoms with E-state index in [-0.39, 0.29) is 12.6 Å². The van der Waals surface area contributed by atoms with Crippen LogP contribution in [-0.4, -0.2) is 39.8 Å². The quantitative estimate of drug-likeness (QED) is 0.565. The van der Waals surface area contributed by atoms with Crippen molar-refractivity contribution in [1.82, 2.24) is 4.72 Å². The van der Waals surface area contributed by atoms with Crippen LogP contribution in [0.25, 0.3) is 0 Å². The van der Waals surface area contributed by atoms with Crippen molar-refractivity contribution in [2.24, 2.45) is 11.7 Å². The van der Waals surface area contributed by atoms with Gasteiger partial charge in [0.1, 0.15) is 0 Å². The predicted molar refractivity (Wildman–Crippen MR) is 54.5 cm³/mol. The molecule has 0 bridgehead atoms. The van der Waals surface area contributed by atoms with Gasteiger partial charge in [0.15, 0.2) is 5.75 Å². The molecule has 88 valence electrons. The molecule has 1 rings (SSSR count). The SMILES string of the molecule is COC(=O)CS(=O)(=O)NC(CN)C1CC1. The molecule has 0 radical (unpaired) electrons. The van der Waals surface area contributed by atoms with Gasteiger partial charge in [-0.05, 0) is 18.8 Å². The fourth-order valence-electron chi connectivity index (χ4n) is 1.32. The van der Waals surface area contributed by atoms with Crippen LogP contribution in [0.1, 0.15) is 12.8 Å². The zero-order valence-corrected chi connectivity index (χ0v) is 9.42. The maximum absolute atomic E-state index is 11.4. The van der Waals surface area contributed by atoms with Crippen LogP contribution in [0.3, 0.4) is 0 Å². The number of rotatable bonds is 6. The standard InChI is InChI=1S/C8H16N2O4S/c1-14-8(11)5-15(12,13)10-7(4-9)6-2-3-6/h6-7,10H,2-5,9H2,1H3. The highest BCUT2D eigenvalue weighted by atomic mass is 32.2. The molecule has 3 N–H and O–H groups in total. The third kappa shape index (κ3) is 4.15. The lowest BCUT2D eigenvalue weighted by Gasteiger charge is -2.15. The van der Waals surface area contributed by atoms with E-state index >= 15 is 0 Å². The molecule has 1 unspecified atom stereocenters. The van der Waals surface area contributed by atoms with Crippen LogP contribution in [0.5, 0.6) is 0 Å². The van der Waals surface area contributed by atoms with Crippen molar-refractivity contribution < 1.29 is 17.9 Å². The van der Waals surface area contributed by atoms with E-state index in [0.29, 0.717) is 5.92 Å². The fraction of sp³-hybridized carbons (Fsp3) is 0.875. The molecular formula is C8H16N2O4S. The van der Waals surface area contributed by atoms with Crippen molar-refractivity contribution >= 4 is 16.0 Å². The summed E-state index contributed by atoms with van der Waals surface area (Å²) in [5.41, 5.74) is 5.44. The molecule has 1 aliphatic rings. The lowest BCUT2D eigenvalue weighted by atomic mass is 10.2. The first-order chi connectivity index (χ1) is 6.98. The lowest BCUT2D eigenvalue weighted by Crippen LogP contribution is -2.43. The summed E-state index contributed by atoms with van der Waals surface area (Å²) in [6, 6.07) is -0.250. The number of nitrogens with one attached hydrogen (secondary N) is 1. The monoisotopic (exact) mass is 236 g/mol. The summed E-state index contributed by atoms with van der Waals surface area (Å²) in [4.78, 5) is 10.8. The Kier molecular flexibility index (Phi) is 4.06. The van der Waals surface area contributed by atoms with Crippen molar-refractivity contribution in [1.29, 1.82) is 0 Å². The first-order valence-corrected chi connectivity index (χ1v) is 6.40. The molecule has 0 aliphatic heterocycles. The molecule has 0 heterocycles. The highest BCUT2D eigenvalue weighted by molar-refractivity contribution is 7.90. The van der Waals surface area contributed by atoms with Crippen molar-refractivity contribution in [3.63, 3.8) is 0 Å². The Bertz CT molecular complexity index is 324. The van der Waals surface area contributed by atoms with Gasteiger partial charge in [0, 0.05) is 12.6 Å².